The van der Waals surface area contributed by atoms with Gasteiger partial charge in [0.2, 0.25) is 0 Å². The third kappa shape index (κ3) is 3.48. The Labute approximate surface area is 122 Å². The highest BCUT2D eigenvalue weighted by atomic mass is 15.1. The third-order valence-electron chi connectivity index (χ3n) is 3.60. The lowest BCUT2D eigenvalue weighted by Crippen LogP contribution is -2.35. The van der Waals surface area contributed by atoms with E-state index in [1.165, 1.54) is 16.8 Å². The lowest BCUT2D eigenvalue weighted by Gasteiger charge is -2.23. The summed E-state index contributed by atoms with van der Waals surface area (Å²) in [6.45, 7) is 11.8. The summed E-state index contributed by atoms with van der Waals surface area (Å²) >= 11 is 0. The predicted molar refractivity (Wildman–Crippen MR) is 83.8 cm³/mol. The quantitative estimate of drug-likeness (QED) is 0.919. The average molecular weight is 271 g/mol. The smallest absolute Gasteiger partial charge is 0.0954 e. The van der Waals surface area contributed by atoms with Crippen molar-refractivity contribution in [2.45, 2.75) is 52.7 Å². The molecular formula is C17H25N3. The summed E-state index contributed by atoms with van der Waals surface area (Å²) in [6, 6.07) is 8.84. The van der Waals surface area contributed by atoms with Crippen LogP contribution in [0.15, 0.2) is 36.8 Å². The minimum Gasteiger partial charge on any atom is -0.326 e. The second-order valence-electron chi connectivity index (χ2n) is 6.43. The van der Waals surface area contributed by atoms with Gasteiger partial charge in [-0.2, -0.15) is 0 Å². The Morgan fingerprint density at radius 3 is 2.60 bits per heavy atom. The molecule has 2 aromatic rings. The first-order valence-electron chi connectivity index (χ1n) is 7.20. The van der Waals surface area contributed by atoms with E-state index >= 15 is 0 Å². The Kier molecular flexibility index (Phi) is 4.29. The van der Waals surface area contributed by atoms with Gasteiger partial charge < -0.3 is 9.88 Å². The fraction of sp³-hybridized carbons (Fsp3) is 0.471. The molecule has 1 aromatic heterocycles. The van der Waals surface area contributed by atoms with Crippen LogP contribution in [0.5, 0.6) is 0 Å². The fourth-order valence-corrected chi connectivity index (χ4v) is 2.38. The maximum Gasteiger partial charge on any atom is 0.0954 e. The molecule has 0 aliphatic carbocycles. The van der Waals surface area contributed by atoms with Gasteiger partial charge in [-0.05, 0) is 45.7 Å². The Morgan fingerprint density at radius 2 is 1.95 bits per heavy atom. The van der Waals surface area contributed by atoms with E-state index in [0.29, 0.717) is 6.04 Å². The molecule has 0 radical (unpaired) electrons. The molecule has 0 aliphatic rings. The average Bonchev–Trinajstić information content (AvgIpc) is 2.83. The van der Waals surface area contributed by atoms with Crippen molar-refractivity contribution >= 4 is 0 Å². The molecule has 0 amide bonds. The number of aryl methyl sites for hydroxylation is 1. The molecule has 0 saturated carbocycles. The van der Waals surface area contributed by atoms with E-state index in [-0.39, 0.29) is 5.54 Å². The standard InChI is InChI=1S/C17H25N3/c1-13-8-6-7-9-16(13)14(2)20-12-18-10-15(20)11-19-17(3,4)5/h6-10,12,14,19H,11H2,1-5H3. The fourth-order valence-electron chi connectivity index (χ4n) is 2.38. The molecule has 2 rings (SSSR count). The number of hydrogen-bond donors (Lipinski definition) is 1. The first kappa shape index (κ1) is 14.8. The normalized spacial score (nSPS) is 13.4. The van der Waals surface area contributed by atoms with Gasteiger partial charge in [-0.15, -0.1) is 0 Å². The number of nitrogens with one attached hydrogen (secondary N) is 1. The monoisotopic (exact) mass is 271 g/mol. The first-order chi connectivity index (χ1) is 9.38. The summed E-state index contributed by atoms with van der Waals surface area (Å²) in [5.74, 6) is 0. The van der Waals surface area contributed by atoms with Crippen LogP contribution in [0.3, 0.4) is 0 Å². The third-order valence-corrected chi connectivity index (χ3v) is 3.60. The molecule has 1 N–H and O–H groups in total. The van der Waals surface area contributed by atoms with Crippen LogP contribution in [0.2, 0.25) is 0 Å². The van der Waals surface area contributed by atoms with Crippen molar-refractivity contribution in [1.82, 2.24) is 14.9 Å². The summed E-state index contributed by atoms with van der Waals surface area (Å²) in [5, 5.41) is 3.52. The molecule has 3 nitrogen and oxygen atoms in total. The molecule has 1 heterocycles. The summed E-state index contributed by atoms with van der Waals surface area (Å²) in [5.41, 5.74) is 4.00. The largest absolute Gasteiger partial charge is 0.326 e. The Bertz CT molecular complexity index is 564. The van der Waals surface area contributed by atoms with Gasteiger partial charge in [0.1, 0.15) is 0 Å². The molecule has 0 saturated heterocycles. The van der Waals surface area contributed by atoms with E-state index in [4.69, 9.17) is 0 Å². The van der Waals surface area contributed by atoms with Crippen molar-refractivity contribution in [1.29, 1.82) is 0 Å². The zero-order chi connectivity index (χ0) is 14.8. The molecule has 3 heteroatoms. The summed E-state index contributed by atoms with van der Waals surface area (Å²) in [6.07, 6.45) is 3.88. The SMILES string of the molecule is Cc1ccccc1C(C)n1cncc1CNC(C)(C)C. The van der Waals surface area contributed by atoms with E-state index in [2.05, 4.69) is 73.8 Å². The topological polar surface area (TPSA) is 29.9 Å². The number of imidazole rings is 1. The van der Waals surface area contributed by atoms with Crippen LogP contribution < -0.4 is 5.32 Å². The van der Waals surface area contributed by atoms with Crippen molar-refractivity contribution in [2.24, 2.45) is 0 Å². The van der Waals surface area contributed by atoms with Gasteiger partial charge in [-0.3, -0.25) is 0 Å². The lowest BCUT2D eigenvalue weighted by molar-refractivity contribution is 0.413. The van der Waals surface area contributed by atoms with E-state index in [1.54, 1.807) is 0 Å². The van der Waals surface area contributed by atoms with Gasteiger partial charge >= 0.3 is 0 Å². The van der Waals surface area contributed by atoms with Crippen molar-refractivity contribution in [2.75, 3.05) is 0 Å². The molecule has 1 aromatic carbocycles. The van der Waals surface area contributed by atoms with Crippen LogP contribution >= 0.6 is 0 Å². The van der Waals surface area contributed by atoms with Gasteiger partial charge in [0.15, 0.2) is 0 Å². The van der Waals surface area contributed by atoms with Crippen molar-refractivity contribution in [3.05, 3.63) is 53.6 Å². The van der Waals surface area contributed by atoms with Crippen molar-refractivity contribution in [3.8, 4) is 0 Å². The van der Waals surface area contributed by atoms with Gasteiger partial charge in [0.05, 0.1) is 18.1 Å². The molecule has 0 aliphatic heterocycles. The van der Waals surface area contributed by atoms with Crippen molar-refractivity contribution in [3.63, 3.8) is 0 Å². The molecule has 1 unspecified atom stereocenters. The molecule has 0 bridgehead atoms. The van der Waals surface area contributed by atoms with Gasteiger partial charge in [-0.1, -0.05) is 24.3 Å². The molecule has 0 fully saturated rings. The van der Waals surface area contributed by atoms with Gasteiger partial charge in [-0.25, -0.2) is 4.98 Å². The Balaban J connectivity index is 2.21. The number of nitrogens with zero attached hydrogens (tertiary/aromatic N) is 2. The van der Waals surface area contributed by atoms with E-state index in [0.717, 1.165) is 6.54 Å². The highest BCUT2D eigenvalue weighted by Gasteiger charge is 2.15. The van der Waals surface area contributed by atoms with Gasteiger partial charge in [0.25, 0.3) is 0 Å². The van der Waals surface area contributed by atoms with Crippen LogP contribution in [0.4, 0.5) is 0 Å². The molecule has 1 atom stereocenters. The Morgan fingerprint density at radius 1 is 1.25 bits per heavy atom. The van der Waals surface area contributed by atoms with E-state index in [9.17, 15) is 0 Å². The van der Waals surface area contributed by atoms with Crippen LogP contribution in [-0.4, -0.2) is 15.1 Å². The van der Waals surface area contributed by atoms with Crippen molar-refractivity contribution < 1.29 is 0 Å². The van der Waals surface area contributed by atoms with Crippen LogP contribution in [-0.2, 0) is 6.54 Å². The van der Waals surface area contributed by atoms with E-state index < -0.39 is 0 Å². The van der Waals surface area contributed by atoms with Crippen LogP contribution in [0.1, 0.15) is 50.6 Å². The second kappa shape index (κ2) is 5.80. The minimum absolute atomic E-state index is 0.112. The highest BCUT2D eigenvalue weighted by Crippen LogP contribution is 2.22. The minimum atomic E-state index is 0.112. The summed E-state index contributed by atoms with van der Waals surface area (Å²) in [4.78, 5) is 4.32. The molecule has 108 valence electrons. The number of hydrogen-bond acceptors (Lipinski definition) is 2. The number of rotatable bonds is 4. The maximum atomic E-state index is 4.32. The maximum absolute atomic E-state index is 4.32. The number of benzene rings is 1. The summed E-state index contributed by atoms with van der Waals surface area (Å²) in [7, 11) is 0. The highest BCUT2D eigenvalue weighted by molar-refractivity contribution is 5.29. The van der Waals surface area contributed by atoms with E-state index in [1.807, 2.05) is 12.5 Å². The van der Waals surface area contributed by atoms with Gasteiger partial charge in [0, 0.05) is 18.3 Å². The first-order valence-corrected chi connectivity index (χ1v) is 7.20. The van der Waals surface area contributed by atoms with Crippen LogP contribution in [0, 0.1) is 6.92 Å². The number of aromatic nitrogens is 2. The molecule has 20 heavy (non-hydrogen) atoms. The second-order valence-corrected chi connectivity index (χ2v) is 6.43. The van der Waals surface area contributed by atoms with Crippen LogP contribution in [0.25, 0.3) is 0 Å². The molecular weight excluding hydrogens is 246 g/mol. The Hall–Kier alpha value is -1.61. The zero-order valence-electron chi connectivity index (χ0n) is 13.1. The molecule has 0 spiro atoms. The zero-order valence-corrected chi connectivity index (χ0v) is 13.1. The predicted octanol–water partition coefficient (Wildman–Crippen LogP) is 3.69. The lowest BCUT2D eigenvalue weighted by atomic mass is 10.0. The summed E-state index contributed by atoms with van der Waals surface area (Å²) < 4.78 is 2.25.